The van der Waals surface area contributed by atoms with E-state index in [-0.39, 0.29) is 0 Å². The molecular formula is C16H18Cl2N4. The van der Waals surface area contributed by atoms with Crippen LogP contribution in [0.15, 0.2) is 30.6 Å². The zero-order valence-electron chi connectivity index (χ0n) is 12.4. The summed E-state index contributed by atoms with van der Waals surface area (Å²) in [5, 5.41) is 4.51. The van der Waals surface area contributed by atoms with Crippen molar-refractivity contribution in [2.45, 2.75) is 13.3 Å². The van der Waals surface area contributed by atoms with Crippen LogP contribution in [0.25, 0.3) is 0 Å². The maximum Gasteiger partial charge on any atom is 0.149 e. The van der Waals surface area contributed by atoms with Gasteiger partial charge in [-0.3, -0.25) is 4.98 Å². The molecule has 0 spiro atoms. The van der Waals surface area contributed by atoms with E-state index in [0.717, 1.165) is 36.9 Å². The van der Waals surface area contributed by atoms with Crippen LogP contribution in [-0.4, -0.2) is 29.6 Å². The van der Waals surface area contributed by atoms with E-state index in [4.69, 9.17) is 23.2 Å². The molecule has 2 aromatic rings. The first-order valence-corrected chi connectivity index (χ1v) is 8.10. The second-order valence-electron chi connectivity index (χ2n) is 5.64. The number of aryl methyl sites for hydroxylation is 1. The van der Waals surface area contributed by atoms with Crippen LogP contribution in [0.4, 0.5) is 11.5 Å². The fraction of sp³-hybridized carbons (Fsp3) is 0.375. The molecule has 1 unspecified atom stereocenters. The quantitative estimate of drug-likeness (QED) is 0.915. The summed E-state index contributed by atoms with van der Waals surface area (Å²) in [5.41, 5.74) is 2.50. The fourth-order valence-electron chi connectivity index (χ4n) is 2.82. The average molecular weight is 337 g/mol. The van der Waals surface area contributed by atoms with Crippen molar-refractivity contribution in [1.82, 2.24) is 9.97 Å². The van der Waals surface area contributed by atoms with Gasteiger partial charge in [0.25, 0.3) is 0 Å². The Kier molecular flexibility index (Phi) is 4.69. The van der Waals surface area contributed by atoms with Crippen molar-refractivity contribution >= 4 is 34.7 Å². The number of nitrogens with one attached hydrogen (secondary N) is 1. The summed E-state index contributed by atoms with van der Waals surface area (Å²) in [4.78, 5) is 10.6. The van der Waals surface area contributed by atoms with Gasteiger partial charge in [-0.15, -0.1) is 0 Å². The van der Waals surface area contributed by atoms with Crippen LogP contribution < -0.4 is 10.2 Å². The Morgan fingerprint density at radius 1 is 1.32 bits per heavy atom. The summed E-state index contributed by atoms with van der Waals surface area (Å²) in [6.45, 7) is 5.06. The highest BCUT2D eigenvalue weighted by Crippen LogP contribution is 2.29. The van der Waals surface area contributed by atoms with E-state index in [1.165, 1.54) is 17.4 Å². The predicted octanol–water partition coefficient (Wildman–Crippen LogP) is 4.03. The number of anilines is 2. The monoisotopic (exact) mass is 336 g/mol. The number of benzene rings is 1. The lowest BCUT2D eigenvalue weighted by atomic mass is 10.1. The third kappa shape index (κ3) is 3.62. The van der Waals surface area contributed by atoms with Crippen LogP contribution in [-0.2, 0) is 0 Å². The molecule has 1 fully saturated rings. The average Bonchev–Trinajstić information content (AvgIpc) is 2.96. The zero-order valence-corrected chi connectivity index (χ0v) is 13.9. The second-order valence-corrected chi connectivity index (χ2v) is 6.46. The zero-order chi connectivity index (χ0) is 15.5. The minimum absolute atomic E-state index is 0.410. The molecule has 1 N–H and O–H groups in total. The van der Waals surface area contributed by atoms with Crippen molar-refractivity contribution in [2.75, 3.05) is 29.9 Å². The molecule has 116 valence electrons. The van der Waals surface area contributed by atoms with Crippen LogP contribution in [0, 0.1) is 12.8 Å². The van der Waals surface area contributed by atoms with Crippen LogP contribution >= 0.6 is 23.2 Å². The van der Waals surface area contributed by atoms with E-state index in [9.17, 15) is 0 Å². The highest BCUT2D eigenvalue weighted by molar-refractivity contribution is 6.30. The maximum absolute atomic E-state index is 6.12. The Morgan fingerprint density at radius 3 is 3.00 bits per heavy atom. The fourth-order valence-corrected chi connectivity index (χ4v) is 3.13. The number of hydrogen-bond acceptors (Lipinski definition) is 4. The van der Waals surface area contributed by atoms with Crippen molar-refractivity contribution in [3.63, 3.8) is 0 Å². The van der Waals surface area contributed by atoms with Gasteiger partial charge in [-0.2, -0.15) is 0 Å². The van der Waals surface area contributed by atoms with Crippen LogP contribution in [0.2, 0.25) is 10.2 Å². The Morgan fingerprint density at radius 2 is 2.18 bits per heavy atom. The molecule has 1 atom stereocenters. The molecule has 0 aliphatic carbocycles. The molecular weight excluding hydrogens is 319 g/mol. The van der Waals surface area contributed by atoms with Crippen molar-refractivity contribution in [1.29, 1.82) is 0 Å². The van der Waals surface area contributed by atoms with Gasteiger partial charge in [0.05, 0.1) is 12.4 Å². The lowest BCUT2D eigenvalue weighted by molar-refractivity contribution is 0.621. The normalized spacial score (nSPS) is 17.8. The molecule has 1 saturated heterocycles. The highest BCUT2D eigenvalue weighted by Gasteiger charge is 2.23. The third-order valence-corrected chi connectivity index (χ3v) is 4.39. The van der Waals surface area contributed by atoms with Gasteiger partial charge < -0.3 is 10.2 Å². The van der Waals surface area contributed by atoms with E-state index >= 15 is 0 Å². The first kappa shape index (κ1) is 15.4. The second kappa shape index (κ2) is 6.71. The molecule has 0 amide bonds. The molecule has 1 aliphatic rings. The first-order valence-electron chi connectivity index (χ1n) is 7.34. The van der Waals surface area contributed by atoms with Gasteiger partial charge >= 0.3 is 0 Å². The molecule has 1 aromatic heterocycles. The van der Waals surface area contributed by atoms with Gasteiger partial charge in [-0.05, 0) is 37.0 Å². The smallest absolute Gasteiger partial charge is 0.149 e. The molecule has 4 nitrogen and oxygen atoms in total. The summed E-state index contributed by atoms with van der Waals surface area (Å²) in [6, 6.07) is 6.06. The van der Waals surface area contributed by atoms with E-state index in [1.807, 2.05) is 6.07 Å². The molecule has 3 rings (SSSR count). The van der Waals surface area contributed by atoms with Crippen molar-refractivity contribution in [2.24, 2.45) is 5.92 Å². The van der Waals surface area contributed by atoms with Crippen LogP contribution in [0.5, 0.6) is 0 Å². The number of aromatic nitrogens is 2. The van der Waals surface area contributed by atoms with Crippen molar-refractivity contribution in [3.05, 3.63) is 46.3 Å². The molecule has 1 aliphatic heterocycles. The van der Waals surface area contributed by atoms with Gasteiger partial charge in [-0.25, -0.2) is 4.98 Å². The van der Waals surface area contributed by atoms with Crippen LogP contribution in [0.1, 0.15) is 12.0 Å². The van der Waals surface area contributed by atoms with Gasteiger partial charge in [-0.1, -0.05) is 29.3 Å². The lowest BCUT2D eigenvalue weighted by Gasteiger charge is -2.21. The third-order valence-electron chi connectivity index (χ3n) is 3.97. The van der Waals surface area contributed by atoms with E-state index < -0.39 is 0 Å². The summed E-state index contributed by atoms with van der Waals surface area (Å²) >= 11 is 12.0. The number of rotatable bonds is 4. The number of nitrogens with zero attached hydrogens (tertiary/aromatic N) is 3. The minimum atomic E-state index is 0.410. The Labute approximate surface area is 140 Å². The van der Waals surface area contributed by atoms with Crippen molar-refractivity contribution in [3.8, 4) is 0 Å². The summed E-state index contributed by atoms with van der Waals surface area (Å²) in [7, 11) is 0. The van der Waals surface area contributed by atoms with Gasteiger partial charge in [0.1, 0.15) is 11.0 Å². The van der Waals surface area contributed by atoms with E-state index in [2.05, 4.69) is 39.2 Å². The number of halogens is 2. The minimum Gasteiger partial charge on any atom is -0.371 e. The predicted molar refractivity (Wildman–Crippen MR) is 92.0 cm³/mol. The molecule has 1 aromatic carbocycles. The summed E-state index contributed by atoms with van der Waals surface area (Å²) in [5.74, 6) is 1.30. The lowest BCUT2D eigenvalue weighted by Crippen LogP contribution is -2.23. The molecule has 2 heterocycles. The molecule has 0 radical (unpaired) electrons. The topological polar surface area (TPSA) is 41.0 Å². The standard InChI is InChI=1S/C16H18Cl2N4/c1-11-2-3-13(17)6-14(11)22-5-4-12(10-22)7-20-16-9-19-8-15(18)21-16/h2-3,6,8-9,12H,4-5,7,10H2,1H3,(H,20,21). The molecule has 6 heteroatoms. The first-order chi connectivity index (χ1) is 10.6. The molecule has 0 saturated carbocycles. The Balaban J connectivity index is 1.59. The maximum atomic E-state index is 6.12. The summed E-state index contributed by atoms with van der Waals surface area (Å²) < 4.78 is 0. The van der Waals surface area contributed by atoms with Crippen molar-refractivity contribution < 1.29 is 0 Å². The van der Waals surface area contributed by atoms with E-state index in [1.54, 1.807) is 6.20 Å². The SMILES string of the molecule is Cc1ccc(Cl)cc1N1CCC(CNc2cncc(Cl)n2)C1. The summed E-state index contributed by atoms with van der Waals surface area (Å²) in [6.07, 6.45) is 4.37. The van der Waals surface area contributed by atoms with Gasteiger partial charge in [0, 0.05) is 30.3 Å². The van der Waals surface area contributed by atoms with Gasteiger partial charge in [0.15, 0.2) is 0 Å². The molecule has 0 bridgehead atoms. The molecule has 22 heavy (non-hydrogen) atoms. The largest absolute Gasteiger partial charge is 0.371 e. The van der Waals surface area contributed by atoms with Crippen LogP contribution in [0.3, 0.4) is 0 Å². The van der Waals surface area contributed by atoms with E-state index in [0.29, 0.717) is 11.1 Å². The Hall–Kier alpha value is -1.52. The van der Waals surface area contributed by atoms with Gasteiger partial charge in [0.2, 0.25) is 0 Å². The number of hydrogen-bond donors (Lipinski definition) is 1. The highest BCUT2D eigenvalue weighted by atomic mass is 35.5. The Bertz CT molecular complexity index is 662.